The molecule has 0 saturated carbocycles. The third-order valence-electron chi connectivity index (χ3n) is 4.76. The molecule has 0 fully saturated rings. The van der Waals surface area contributed by atoms with Gasteiger partial charge < -0.3 is 19.9 Å². The number of aromatic amines is 1. The van der Waals surface area contributed by atoms with E-state index in [0.717, 1.165) is 16.5 Å². The van der Waals surface area contributed by atoms with E-state index in [1.807, 2.05) is 36.5 Å². The van der Waals surface area contributed by atoms with Crippen LogP contribution in [0.4, 0.5) is 11.4 Å². The van der Waals surface area contributed by atoms with E-state index in [-0.39, 0.29) is 24.8 Å². The number of rotatable bonds is 5. The second-order valence-electron chi connectivity index (χ2n) is 7.45. The smallest absolute Gasteiger partial charge is 0.265 e. The molecule has 2 N–H and O–H groups in total. The van der Waals surface area contributed by atoms with E-state index >= 15 is 0 Å². The molecule has 2 heterocycles. The molecule has 4 rings (SSSR count). The average molecular weight is 377 g/mol. The van der Waals surface area contributed by atoms with Gasteiger partial charge in [0, 0.05) is 29.3 Å². The van der Waals surface area contributed by atoms with Crippen LogP contribution in [-0.4, -0.2) is 29.9 Å². The molecule has 0 spiro atoms. The molecule has 3 aromatic rings. The van der Waals surface area contributed by atoms with Gasteiger partial charge >= 0.3 is 0 Å². The predicted molar refractivity (Wildman–Crippen MR) is 110 cm³/mol. The number of ether oxygens (including phenoxy) is 1. The highest BCUT2D eigenvalue weighted by atomic mass is 16.5. The molecule has 0 bridgehead atoms. The van der Waals surface area contributed by atoms with Crippen LogP contribution in [0.2, 0.25) is 0 Å². The van der Waals surface area contributed by atoms with E-state index in [1.165, 1.54) is 0 Å². The van der Waals surface area contributed by atoms with Crippen molar-refractivity contribution in [3.63, 3.8) is 0 Å². The molecule has 0 unspecified atom stereocenters. The number of aromatic nitrogens is 1. The molecule has 0 saturated heterocycles. The zero-order valence-electron chi connectivity index (χ0n) is 16.0. The van der Waals surface area contributed by atoms with Crippen molar-refractivity contribution in [2.45, 2.75) is 20.3 Å². The SMILES string of the molecule is CC(C)CN1C(=O)COc2ccc(NC(=O)Cc3c[nH]c4ccccc34)cc21. The van der Waals surface area contributed by atoms with E-state index in [9.17, 15) is 9.59 Å². The second kappa shape index (κ2) is 7.38. The fourth-order valence-electron chi connectivity index (χ4n) is 3.50. The van der Waals surface area contributed by atoms with Crippen molar-refractivity contribution >= 4 is 34.1 Å². The summed E-state index contributed by atoms with van der Waals surface area (Å²) in [5, 5.41) is 3.98. The maximum absolute atomic E-state index is 12.6. The molecule has 2 aromatic carbocycles. The van der Waals surface area contributed by atoms with Gasteiger partial charge in [0.15, 0.2) is 6.61 Å². The summed E-state index contributed by atoms with van der Waals surface area (Å²) in [6, 6.07) is 13.3. The topological polar surface area (TPSA) is 74.4 Å². The number of fused-ring (bicyclic) bond motifs is 2. The number of carbonyl (C=O) groups is 2. The van der Waals surface area contributed by atoms with Crippen LogP contribution in [0.15, 0.2) is 48.7 Å². The van der Waals surface area contributed by atoms with Crippen LogP contribution in [0.5, 0.6) is 5.75 Å². The van der Waals surface area contributed by atoms with Gasteiger partial charge in [0.1, 0.15) is 5.75 Å². The van der Waals surface area contributed by atoms with Crippen LogP contribution in [0.3, 0.4) is 0 Å². The number of anilines is 2. The van der Waals surface area contributed by atoms with Crippen molar-refractivity contribution in [2.75, 3.05) is 23.4 Å². The molecule has 1 aliphatic heterocycles. The molecule has 144 valence electrons. The minimum Gasteiger partial charge on any atom is -0.482 e. The van der Waals surface area contributed by atoms with E-state index in [0.29, 0.717) is 29.6 Å². The van der Waals surface area contributed by atoms with E-state index in [4.69, 9.17) is 4.74 Å². The standard InChI is InChI=1S/C22H23N3O3/c1-14(2)12-25-19-10-16(7-8-20(19)28-13-22(25)27)24-21(26)9-15-11-23-18-6-4-3-5-17(15)18/h3-8,10-11,14,23H,9,12-13H2,1-2H3,(H,24,26). The van der Waals surface area contributed by atoms with Gasteiger partial charge in [-0.3, -0.25) is 9.59 Å². The maximum atomic E-state index is 12.6. The lowest BCUT2D eigenvalue weighted by Gasteiger charge is -2.31. The van der Waals surface area contributed by atoms with Gasteiger partial charge in [-0.15, -0.1) is 0 Å². The Morgan fingerprint density at radius 1 is 1.25 bits per heavy atom. The first-order valence-electron chi connectivity index (χ1n) is 9.43. The quantitative estimate of drug-likeness (QED) is 0.711. The largest absolute Gasteiger partial charge is 0.482 e. The zero-order chi connectivity index (χ0) is 19.7. The molecular formula is C22H23N3O3. The van der Waals surface area contributed by atoms with Crippen LogP contribution in [0.1, 0.15) is 19.4 Å². The lowest BCUT2D eigenvalue weighted by Crippen LogP contribution is -2.41. The summed E-state index contributed by atoms with van der Waals surface area (Å²) in [6.07, 6.45) is 2.14. The van der Waals surface area contributed by atoms with E-state index in [2.05, 4.69) is 24.1 Å². The van der Waals surface area contributed by atoms with Gasteiger partial charge in [0.25, 0.3) is 5.91 Å². The molecule has 28 heavy (non-hydrogen) atoms. The van der Waals surface area contributed by atoms with Crippen LogP contribution in [-0.2, 0) is 16.0 Å². The number of hydrogen-bond donors (Lipinski definition) is 2. The fraction of sp³-hybridized carbons (Fsp3) is 0.273. The normalized spacial score (nSPS) is 13.5. The van der Waals surface area contributed by atoms with Gasteiger partial charge in [-0.2, -0.15) is 0 Å². The van der Waals surface area contributed by atoms with Crippen LogP contribution < -0.4 is 15.0 Å². The number of carbonyl (C=O) groups excluding carboxylic acids is 2. The molecule has 0 atom stereocenters. The number of hydrogen-bond acceptors (Lipinski definition) is 3. The first-order valence-corrected chi connectivity index (χ1v) is 9.43. The first kappa shape index (κ1) is 18.1. The van der Waals surface area contributed by atoms with E-state index < -0.39 is 0 Å². The van der Waals surface area contributed by atoms with Crippen molar-refractivity contribution in [1.82, 2.24) is 4.98 Å². The minimum atomic E-state index is -0.108. The number of nitrogens with one attached hydrogen (secondary N) is 2. The Morgan fingerprint density at radius 3 is 2.89 bits per heavy atom. The highest BCUT2D eigenvalue weighted by molar-refractivity contribution is 6.00. The molecule has 2 amide bonds. The third-order valence-corrected chi connectivity index (χ3v) is 4.76. The summed E-state index contributed by atoms with van der Waals surface area (Å²) in [4.78, 5) is 29.8. The van der Waals surface area contributed by atoms with Crippen molar-refractivity contribution in [3.05, 3.63) is 54.2 Å². The van der Waals surface area contributed by atoms with Gasteiger partial charge in [-0.1, -0.05) is 32.0 Å². The predicted octanol–water partition coefficient (Wildman–Crippen LogP) is 3.73. The second-order valence-corrected chi connectivity index (χ2v) is 7.45. The molecular weight excluding hydrogens is 354 g/mol. The zero-order valence-corrected chi connectivity index (χ0v) is 16.0. The Kier molecular flexibility index (Phi) is 4.77. The maximum Gasteiger partial charge on any atom is 0.265 e. The molecule has 6 nitrogen and oxygen atoms in total. The monoisotopic (exact) mass is 377 g/mol. The number of para-hydroxylation sites is 1. The summed E-state index contributed by atoms with van der Waals surface area (Å²) in [5.41, 5.74) is 3.32. The van der Waals surface area contributed by atoms with Crippen molar-refractivity contribution in [1.29, 1.82) is 0 Å². The van der Waals surface area contributed by atoms with Gasteiger partial charge in [0.2, 0.25) is 5.91 Å². The number of nitrogens with zero attached hydrogens (tertiary/aromatic N) is 1. The minimum absolute atomic E-state index is 0.0476. The van der Waals surface area contributed by atoms with Crippen LogP contribution >= 0.6 is 0 Å². The van der Waals surface area contributed by atoms with Crippen LogP contribution in [0.25, 0.3) is 10.9 Å². The summed E-state index contributed by atoms with van der Waals surface area (Å²) in [7, 11) is 0. The lowest BCUT2D eigenvalue weighted by atomic mass is 10.1. The lowest BCUT2D eigenvalue weighted by molar-refractivity contribution is -0.121. The third kappa shape index (κ3) is 3.58. The average Bonchev–Trinajstić information content (AvgIpc) is 3.07. The highest BCUT2D eigenvalue weighted by Gasteiger charge is 2.26. The Morgan fingerprint density at radius 2 is 2.07 bits per heavy atom. The van der Waals surface area contributed by atoms with E-state index in [1.54, 1.807) is 17.0 Å². The van der Waals surface area contributed by atoms with Gasteiger partial charge in [0.05, 0.1) is 12.1 Å². The van der Waals surface area contributed by atoms with Crippen molar-refractivity contribution in [2.24, 2.45) is 5.92 Å². The molecule has 0 radical (unpaired) electrons. The Hall–Kier alpha value is -3.28. The highest BCUT2D eigenvalue weighted by Crippen LogP contribution is 2.35. The summed E-state index contributed by atoms with van der Waals surface area (Å²) < 4.78 is 5.53. The summed E-state index contributed by atoms with van der Waals surface area (Å²) in [5.74, 6) is 0.816. The summed E-state index contributed by atoms with van der Waals surface area (Å²) in [6.45, 7) is 4.79. The Labute approximate surface area is 163 Å². The fourth-order valence-corrected chi connectivity index (χ4v) is 3.50. The first-order chi connectivity index (χ1) is 13.5. The molecule has 1 aromatic heterocycles. The molecule has 0 aliphatic carbocycles. The Balaban J connectivity index is 1.53. The van der Waals surface area contributed by atoms with Gasteiger partial charge in [-0.05, 0) is 35.7 Å². The molecule has 1 aliphatic rings. The van der Waals surface area contributed by atoms with Gasteiger partial charge in [-0.25, -0.2) is 0 Å². The van der Waals surface area contributed by atoms with Crippen LogP contribution in [0, 0.1) is 5.92 Å². The number of H-pyrrole nitrogens is 1. The number of amides is 2. The summed E-state index contributed by atoms with van der Waals surface area (Å²) >= 11 is 0. The molecule has 6 heteroatoms. The van der Waals surface area contributed by atoms with Crippen molar-refractivity contribution in [3.8, 4) is 5.75 Å². The number of benzene rings is 2. The Bertz CT molecular complexity index is 1040. The van der Waals surface area contributed by atoms with Crippen molar-refractivity contribution < 1.29 is 14.3 Å².